The van der Waals surface area contributed by atoms with Crippen molar-refractivity contribution in [3.05, 3.63) is 34.6 Å². The molecule has 0 radical (unpaired) electrons. The first-order valence-electron chi connectivity index (χ1n) is 7.16. The van der Waals surface area contributed by atoms with E-state index in [-0.39, 0.29) is 5.91 Å². The van der Waals surface area contributed by atoms with Crippen LogP contribution in [-0.4, -0.2) is 40.6 Å². The fourth-order valence-corrected chi connectivity index (χ4v) is 2.50. The molecule has 0 atom stereocenters. The number of aromatic nitrogens is 2. The molecule has 1 saturated carbocycles. The molecule has 1 N–H and O–H groups in total. The van der Waals surface area contributed by atoms with Crippen LogP contribution in [0.2, 0.25) is 0 Å². The van der Waals surface area contributed by atoms with Crippen molar-refractivity contribution in [3.63, 3.8) is 0 Å². The summed E-state index contributed by atoms with van der Waals surface area (Å²) < 4.78 is 6.22. The van der Waals surface area contributed by atoms with Gasteiger partial charge in [-0.05, 0) is 32.0 Å². The maximum Gasteiger partial charge on any atom is 0.241 e. The molecular weight excluding hydrogens is 348 g/mol. The van der Waals surface area contributed by atoms with Gasteiger partial charge in [0, 0.05) is 16.1 Å². The van der Waals surface area contributed by atoms with E-state index in [9.17, 15) is 4.79 Å². The van der Waals surface area contributed by atoms with Gasteiger partial charge < -0.3 is 9.84 Å². The summed E-state index contributed by atoms with van der Waals surface area (Å²) in [6, 6.07) is 8.10. The Balaban J connectivity index is 1.57. The van der Waals surface area contributed by atoms with E-state index in [1.807, 2.05) is 36.2 Å². The number of amides is 1. The average molecular weight is 365 g/mol. The van der Waals surface area contributed by atoms with Crippen LogP contribution in [0.25, 0.3) is 11.4 Å². The van der Waals surface area contributed by atoms with Crippen LogP contribution in [0, 0.1) is 0 Å². The lowest BCUT2D eigenvalue weighted by Crippen LogP contribution is -2.35. The van der Waals surface area contributed by atoms with Gasteiger partial charge in [-0.2, -0.15) is 4.98 Å². The summed E-state index contributed by atoms with van der Waals surface area (Å²) in [7, 11) is 1.86. The predicted molar refractivity (Wildman–Crippen MR) is 84.9 cm³/mol. The molecule has 1 fully saturated rings. The first-order valence-corrected chi connectivity index (χ1v) is 7.96. The Bertz CT molecular complexity index is 669. The molecule has 3 rings (SSSR count). The van der Waals surface area contributed by atoms with E-state index >= 15 is 0 Å². The van der Waals surface area contributed by atoms with Crippen molar-refractivity contribution in [1.29, 1.82) is 0 Å². The molecule has 7 heteroatoms. The summed E-state index contributed by atoms with van der Waals surface area (Å²) in [5.74, 6) is 1.08. The summed E-state index contributed by atoms with van der Waals surface area (Å²) in [5, 5.41) is 6.94. The van der Waals surface area contributed by atoms with Gasteiger partial charge in [0.25, 0.3) is 0 Å². The van der Waals surface area contributed by atoms with Gasteiger partial charge >= 0.3 is 0 Å². The van der Waals surface area contributed by atoms with E-state index in [0.717, 1.165) is 22.9 Å². The van der Waals surface area contributed by atoms with Gasteiger partial charge in [-0.25, -0.2) is 0 Å². The van der Waals surface area contributed by atoms with Crippen LogP contribution in [0.15, 0.2) is 33.3 Å². The molecule has 116 valence electrons. The standard InChI is InChI=1S/C15H17BrN4O2/c1-20(8-13(21)17-12-5-6-12)9-14-18-15(19-22-14)10-3-2-4-11(16)7-10/h2-4,7,12H,5-6,8-9H2,1H3,(H,17,21). The zero-order valence-electron chi connectivity index (χ0n) is 12.3. The van der Waals surface area contributed by atoms with Gasteiger partial charge in [0.2, 0.25) is 17.6 Å². The maximum absolute atomic E-state index is 11.7. The minimum absolute atomic E-state index is 0.0386. The van der Waals surface area contributed by atoms with Crippen LogP contribution in [-0.2, 0) is 11.3 Å². The van der Waals surface area contributed by atoms with Crippen LogP contribution in [0.1, 0.15) is 18.7 Å². The Morgan fingerprint density at radius 3 is 3.05 bits per heavy atom. The molecule has 0 bridgehead atoms. The van der Waals surface area contributed by atoms with Crippen molar-refractivity contribution in [1.82, 2.24) is 20.4 Å². The average Bonchev–Trinajstić information content (AvgIpc) is 3.14. The molecule has 0 unspecified atom stereocenters. The third-order valence-electron chi connectivity index (χ3n) is 3.31. The van der Waals surface area contributed by atoms with Crippen LogP contribution in [0.3, 0.4) is 0 Å². The third-order valence-corrected chi connectivity index (χ3v) is 3.81. The number of rotatable bonds is 6. The highest BCUT2D eigenvalue weighted by atomic mass is 79.9. The van der Waals surface area contributed by atoms with E-state index in [1.165, 1.54) is 0 Å². The molecule has 6 nitrogen and oxygen atoms in total. The first-order chi connectivity index (χ1) is 10.6. The van der Waals surface area contributed by atoms with Crippen molar-refractivity contribution in [2.24, 2.45) is 0 Å². The second-order valence-electron chi connectivity index (χ2n) is 5.54. The largest absolute Gasteiger partial charge is 0.352 e. The minimum Gasteiger partial charge on any atom is -0.352 e. The minimum atomic E-state index is 0.0386. The summed E-state index contributed by atoms with van der Waals surface area (Å²) in [4.78, 5) is 18.0. The molecule has 0 spiro atoms. The van der Waals surface area contributed by atoms with Gasteiger partial charge in [0.15, 0.2) is 0 Å². The molecule has 1 amide bonds. The second kappa shape index (κ2) is 6.58. The molecular formula is C15H17BrN4O2. The van der Waals surface area contributed by atoms with Crippen molar-refractivity contribution >= 4 is 21.8 Å². The Morgan fingerprint density at radius 1 is 1.50 bits per heavy atom. The highest BCUT2D eigenvalue weighted by Crippen LogP contribution is 2.20. The molecule has 1 aliphatic rings. The fourth-order valence-electron chi connectivity index (χ4n) is 2.10. The normalized spacial score (nSPS) is 14.3. The Hall–Kier alpha value is -1.73. The number of likely N-dealkylation sites (N-methyl/N-ethyl adjacent to an activating group) is 1. The molecule has 1 aromatic heterocycles. The number of hydrogen-bond acceptors (Lipinski definition) is 5. The van der Waals surface area contributed by atoms with Gasteiger partial charge in [-0.3, -0.25) is 9.69 Å². The van der Waals surface area contributed by atoms with Crippen LogP contribution < -0.4 is 5.32 Å². The quantitative estimate of drug-likeness (QED) is 0.850. The number of carbonyl (C=O) groups is 1. The van der Waals surface area contributed by atoms with E-state index in [1.54, 1.807) is 0 Å². The summed E-state index contributed by atoms with van der Waals surface area (Å²) in [6.45, 7) is 0.768. The van der Waals surface area contributed by atoms with Gasteiger partial charge in [0.05, 0.1) is 13.1 Å². The smallest absolute Gasteiger partial charge is 0.241 e. The van der Waals surface area contributed by atoms with E-state index in [0.29, 0.717) is 30.8 Å². The van der Waals surface area contributed by atoms with Gasteiger partial charge in [-0.15, -0.1) is 0 Å². The van der Waals surface area contributed by atoms with Crippen LogP contribution in [0.4, 0.5) is 0 Å². The summed E-state index contributed by atoms with van der Waals surface area (Å²) in [5.41, 5.74) is 0.888. The Kier molecular flexibility index (Phi) is 4.54. The fraction of sp³-hybridized carbons (Fsp3) is 0.400. The first kappa shape index (κ1) is 15.2. The number of hydrogen-bond donors (Lipinski definition) is 1. The molecule has 22 heavy (non-hydrogen) atoms. The van der Waals surface area contributed by atoms with E-state index < -0.39 is 0 Å². The molecule has 2 aromatic rings. The molecule has 0 saturated heterocycles. The Morgan fingerprint density at radius 2 is 2.32 bits per heavy atom. The summed E-state index contributed by atoms with van der Waals surface area (Å²) in [6.07, 6.45) is 2.18. The Labute approximate surface area is 137 Å². The summed E-state index contributed by atoms with van der Waals surface area (Å²) >= 11 is 3.42. The monoisotopic (exact) mass is 364 g/mol. The van der Waals surface area contributed by atoms with Gasteiger partial charge in [-0.1, -0.05) is 33.2 Å². The van der Waals surface area contributed by atoms with Crippen molar-refractivity contribution in [2.45, 2.75) is 25.4 Å². The number of halogens is 1. The van der Waals surface area contributed by atoms with Gasteiger partial charge in [0.1, 0.15) is 0 Å². The predicted octanol–water partition coefficient (Wildman–Crippen LogP) is 2.21. The zero-order chi connectivity index (χ0) is 15.5. The molecule has 1 heterocycles. The zero-order valence-corrected chi connectivity index (χ0v) is 13.8. The highest BCUT2D eigenvalue weighted by molar-refractivity contribution is 9.10. The third kappa shape index (κ3) is 4.14. The van der Waals surface area contributed by atoms with Crippen molar-refractivity contribution < 1.29 is 9.32 Å². The van der Waals surface area contributed by atoms with Crippen molar-refractivity contribution in [3.8, 4) is 11.4 Å². The lowest BCUT2D eigenvalue weighted by molar-refractivity contribution is -0.122. The maximum atomic E-state index is 11.7. The number of nitrogens with zero attached hydrogens (tertiary/aromatic N) is 3. The molecule has 1 aliphatic carbocycles. The lowest BCUT2D eigenvalue weighted by atomic mass is 10.2. The topological polar surface area (TPSA) is 71.3 Å². The number of benzene rings is 1. The van der Waals surface area contributed by atoms with E-state index in [4.69, 9.17) is 4.52 Å². The van der Waals surface area contributed by atoms with Crippen LogP contribution in [0.5, 0.6) is 0 Å². The second-order valence-corrected chi connectivity index (χ2v) is 6.45. The van der Waals surface area contributed by atoms with E-state index in [2.05, 4.69) is 31.4 Å². The number of nitrogens with one attached hydrogen (secondary N) is 1. The highest BCUT2D eigenvalue weighted by Gasteiger charge is 2.23. The number of carbonyl (C=O) groups excluding carboxylic acids is 1. The van der Waals surface area contributed by atoms with Crippen LogP contribution >= 0.6 is 15.9 Å². The lowest BCUT2D eigenvalue weighted by Gasteiger charge is -2.13. The SMILES string of the molecule is CN(CC(=O)NC1CC1)Cc1nc(-c2cccc(Br)c2)no1. The van der Waals surface area contributed by atoms with Crippen molar-refractivity contribution in [2.75, 3.05) is 13.6 Å². The molecule has 1 aromatic carbocycles. The molecule has 0 aliphatic heterocycles.